The molecule has 1 saturated carbocycles. The predicted octanol–water partition coefficient (Wildman–Crippen LogP) is 3.65. The van der Waals surface area contributed by atoms with E-state index < -0.39 is 25.9 Å². The average molecular weight is 596 g/mol. The van der Waals surface area contributed by atoms with Gasteiger partial charge in [-0.25, -0.2) is 14.5 Å². The largest absolute Gasteiger partial charge is 0.587 e. The van der Waals surface area contributed by atoms with Crippen molar-refractivity contribution in [2.75, 3.05) is 20.2 Å². The van der Waals surface area contributed by atoms with Crippen LogP contribution in [0.25, 0.3) is 11.2 Å². The first-order valence-electron chi connectivity index (χ1n) is 13.0. The smallest absolute Gasteiger partial charge is 0.454 e. The molecular weight excluding hydrogens is 571 g/mol. The number of aliphatic hydroxyl groups excluding tert-OH is 1. The summed E-state index contributed by atoms with van der Waals surface area (Å²) in [7, 11) is -4.37. The predicted molar refractivity (Wildman–Crippen MR) is 145 cm³/mol. The molecule has 218 valence electrons. The Hall–Kier alpha value is -4.52. The Kier molecular flexibility index (Phi) is 6.34. The second kappa shape index (κ2) is 10.1. The third kappa shape index (κ3) is 4.73. The third-order valence-corrected chi connectivity index (χ3v) is 8.59. The van der Waals surface area contributed by atoms with Gasteiger partial charge < -0.3 is 42.7 Å². The maximum atomic E-state index is 14.1. The van der Waals surface area contributed by atoms with Crippen LogP contribution in [0.4, 0.5) is 0 Å². The maximum Gasteiger partial charge on any atom is 0.587 e. The first-order valence-corrected chi connectivity index (χ1v) is 14.5. The van der Waals surface area contributed by atoms with Gasteiger partial charge in [-0.2, -0.15) is 0 Å². The quantitative estimate of drug-likeness (QED) is 0.224. The second-order valence-corrected chi connectivity index (χ2v) is 11.4. The molecule has 2 N–H and O–H groups in total. The van der Waals surface area contributed by atoms with Crippen molar-refractivity contribution in [3.8, 4) is 34.5 Å². The number of imidazole rings is 1. The highest BCUT2D eigenvalue weighted by molar-refractivity contribution is 7.49. The molecular formula is C27H25N4O10P. The molecule has 1 fully saturated rings. The summed E-state index contributed by atoms with van der Waals surface area (Å²) >= 11 is 0. The molecule has 2 aromatic carbocycles. The number of rotatable bonds is 8. The molecule has 0 amide bonds. The molecule has 4 aromatic rings. The Bertz CT molecular complexity index is 1760. The van der Waals surface area contributed by atoms with Crippen molar-refractivity contribution in [2.24, 2.45) is 5.92 Å². The van der Waals surface area contributed by atoms with Crippen LogP contribution in [0, 0.1) is 12.8 Å². The van der Waals surface area contributed by atoms with Gasteiger partial charge in [-0.15, -0.1) is 0 Å². The van der Waals surface area contributed by atoms with Gasteiger partial charge in [0.2, 0.25) is 13.6 Å². The molecule has 4 heterocycles. The van der Waals surface area contributed by atoms with Crippen molar-refractivity contribution in [1.29, 1.82) is 0 Å². The fraction of sp³-hybridized carbons (Fsp3) is 0.296. The summed E-state index contributed by atoms with van der Waals surface area (Å²) in [6, 6.07) is 8.93. The monoisotopic (exact) mass is 596 g/mol. The zero-order valence-corrected chi connectivity index (χ0v) is 23.1. The number of aromatic nitrogens is 4. The van der Waals surface area contributed by atoms with Crippen LogP contribution in [0.5, 0.6) is 34.5 Å². The lowest BCUT2D eigenvalue weighted by Gasteiger charge is -2.23. The molecule has 3 atom stereocenters. The Morgan fingerprint density at radius 3 is 2.31 bits per heavy atom. The SMILES string of the molecule is C=C1[C@H](COP(=O)(Oc2ccc3c(c2)OCO3)Oc2ccc3c(c2)OCO3)[C@@H](O)C[C@@H]1n1cnc2c(=O)[nH]c(C)nc21. The fourth-order valence-electron chi connectivity index (χ4n) is 5.18. The van der Waals surface area contributed by atoms with Crippen LogP contribution in [0.15, 0.2) is 59.7 Å². The summed E-state index contributed by atoms with van der Waals surface area (Å²) in [6.45, 7) is 5.72. The lowest BCUT2D eigenvalue weighted by atomic mass is 10.0. The Balaban J connectivity index is 1.14. The summed E-state index contributed by atoms with van der Waals surface area (Å²) in [5, 5.41) is 11.0. The standard InChI is InChI=1S/C27H25N4O10P/c1-14-18(20(32)9-19(14)31-11-28-25-26(31)29-15(2)30-27(25)33)10-39-42(34,40-16-3-5-21-23(7-16)37-12-35-21)41-17-4-6-22-24(8-17)38-13-36-22/h3-8,11,18-20,32H,1,9-10,12-13H2,2H3,(H,29,30,33)/t18-,19-,20-/m0/s1. The van der Waals surface area contributed by atoms with Gasteiger partial charge in [0.05, 0.1) is 25.1 Å². The van der Waals surface area contributed by atoms with Gasteiger partial charge in [0, 0.05) is 18.1 Å². The minimum absolute atomic E-state index is 0.0547. The van der Waals surface area contributed by atoms with E-state index in [0.29, 0.717) is 40.0 Å². The van der Waals surface area contributed by atoms with Crippen LogP contribution in [-0.2, 0) is 9.09 Å². The van der Waals surface area contributed by atoms with Crippen molar-refractivity contribution in [1.82, 2.24) is 19.5 Å². The minimum Gasteiger partial charge on any atom is -0.454 e. The Labute approximate surface area is 238 Å². The lowest BCUT2D eigenvalue weighted by Crippen LogP contribution is -2.21. The number of fused-ring (bicyclic) bond motifs is 3. The number of aryl methyl sites for hydroxylation is 1. The number of nitrogens with one attached hydrogen (secondary N) is 1. The van der Waals surface area contributed by atoms with Gasteiger partial charge >= 0.3 is 7.82 Å². The van der Waals surface area contributed by atoms with Gasteiger partial charge in [-0.3, -0.25) is 9.32 Å². The van der Waals surface area contributed by atoms with Gasteiger partial charge in [0.15, 0.2) is 34.2 Å². The Morgan fingerprint density at radius 2 is 1.67 bits per heavy atom. The normalized spacial score (nSPS) is 20.8. The highest BCUT2D eigenvalue weighted by atomic mass is 31.2. The van der Waals surface area contributed by atoms with Gasteiger partial charge in [-0.1, -0.05) is 6.58 Å². The number of phosphoric ester groups is 1. The summed E-state index contributed by atoms with van der Waals surface area (Å²) in [5.74, 6) is 1.96. The van der Waals surface area contributed by atoms with Crippen molar-refractivity contribution in [3.63, 3.8) is 0 Å². The fourth-order valence-corrected chi connectivity index (χ4v) is 6.41. The van der Waals surface area contributed by atoms with Crippen LogP contribution >= 0.6 is 7.82 Å². The summed E-state index contributed by atoms with van der Waals surface area (Å²) in [4.78, 5) is 23.6. The van der Waals surface area contributed by atoms with Crippen LogP contribution < -0.4 is 33.6 Å². The van der Waals surface area contributed by atoms with Crippen LogP contribution in [0.1, 0.15) is 18.3 Å². The molecule has 0 radical (unpaired) electrons. The van der Waals surface area contributed by atoms with Crippen LogP contribution in [0.2, 0.25) is 0 Å². The van der Waals surface area contributed by atoms with E-state index in [1.54, 1.807) is 35.8 Å². The zero-order chi connectivity index (χ0) is 29.0. The molecule has 2 aromatic heterocycles. The van der Waals surface area contributed by atoms with Gasteiger partial charge in [-0.05, 0) is 43.2 Å². The minimum atomic E-state index is -4.37. The molecule has 0 spiro atoms. The van der Waals surface area contributed by atoms with Crippen LogP contribution in [0.3, 0.4) is 0 Å². The average Bonchev–Trinajstić information content (AvgIpc) is 3.74. The summed E-state index contributed by atoms with van der Waals surface area (Å²) in [6.07, 6.45) is 0.837. The number of aromatic amines is 1. The van der Waals surface area contributed by atoms with E-state index in [1.165, 1.54) is 18.5 Å². The van der Waals surface area contributed by atoms with E-state index in [0.717, 1.165) is 0 Å². The highest BCUT2D eigenvalue weighted by Crippen LogP contribution is 2.53. The van der Waals surface area contributed by atoms with Gasteiger partial charge in [0.1, 0.15) is 17.3 Å². The van der Waals surface area contributed by atoms with E-state index in [2.05, 4.69) is 21.5 Å². The van der Waals surface area contributed by atoms with Crippen molar-refractivity contribution < 1.29 is 42.2 Å². The molecule has 1 aliphatic carbocycles. The molecule has 2 aliphatic heterocycles. The van der Waals surface area contributed by atoms with E-state index >= 15 is 0 Å². The van der Waals surface area contributed by atoms with E-state index in [9.17, 15) is 14.5 Å². The molecule has 42 heavy (non-hydrogen) atoms. The van der Waals surface area contributed by atoms with Crippen molar-refractivity contribution >= 4 is 19.0 Å². The van der Waals surface area contributed by atoms with Crippen molar-refractivity contribution in [2.45, 2.75) is 25.5 Å². The third-order valence-electron chi connectivity index (χ3n) is 7.25. The maximum absolute atomic E-state index is 14.1. The van der Waals surface area contributed by atoms with E-state index in [4.69, 9.17) is 32.5 Å². The first kappa shape index (κ1) is 26.4. The van der Waals surface area contributed by atoms with Gasteiger partial charge in [0.25, 0.3) is 5.56 Å². The van der Waals surface area contributed by atoms with Crippen LogP contribution in [-0.4, -0.2) is 50.9 Å². The van der Waals surface area contributed by atoms with E-state index in [-0.39, 0.29) is 49.2 Å². The summed E-state index contributed by atoms with van der Waals surface area (Å²) in [5.41, 5.74) is 0.780. The number of hydrogen-bond acceptors (Lipinski definition) is 12. The highest BCUT2D eigenvalue weighted by Gasteiger charge is 2.42. The lowest BCUT2D eigenvalue weighted by molar-refractivity contribution is 0.0971. The number of benzene rings is 2. The molecule has 0 bridgehead atoms. The topological polar surface area (TPSA) is 165 Å². The molecule has 7 rings (SSSR count). The number of ether oxygens (including phenoxy) is 4. The molecule has 0 unspecified atom stereocenters. The number of nitrogens with zero attached hydrogens (tertiary/aromatic N) is 3. The van der Waals surface area contributed by atoms with E-state index in [1.807, 2.05) is 0 Å². The molecule has 15 heteroatoms. The number of phosphoric acid groups is 1. The summed E-state index contributed by atoms with van der Waals surface area (Å²) < 4.78 is 54.7. The second-order valence-electron chi connectivity index (χ2n) is 9.93. The molecule has 3 aliphatic rings. The molecule has 0 saturated heterocycles. The number of aliphatic hydroxyl groups is 1. The van der Waals surface area contributed by atoms with Crippen molar-refractivity contribution in [3.05, 3.63) is 71.1 Å². The number of H-pyrrole nitrogens is 1. The zero-order valence-electron chi connectivity index (χ0n) is 22.2. The molecule has 14 nitrogen and oxygen atoms in total. The Morgan fingerprint density at radius 1 is 1.05 bits per heavy atom. The first-order chi connectivity index (χ1) is 20.3. The number of hydrogen-bond donors (Lipinski definition) is 2.